The maximum absolute atomic E-state index is 13.6. The van der Waals surface area contributed by atoms with Gasteiger partial charge in [0.15, 0.2) is 5.65 Å². The van der Waals surface area contributed by atoms with Crippen molar-refractivity contribution < 1.29 is 13.9 Å². The number of benzene rings is 1. The van der Waals surface area contributed by atoms with Gasteiger partial charge in [0, 0.05) is 35.6 Å². The number of halogens is 2. The van der Waals surface area contributed by atoms with E-state index in [1.807, 2.05) is 0 Å². The molecule has 3 heterocycles. The highest BCUT2D eigenvalue weighted by Gasteiger charge is 2.21. The molecule has 0 aliphatic rings. The molecule has 1 amide bonds. The number of aromatic nitrogens is 5. The highest BCUT2D eigenvalue weighted by atomic mass is 79.9. The van der Waals surface area contributed by atoms with Crippen LogP contribution < -0.4 is 10.1 Å². The number of alkyl halides is 1. The number of rotatable bonds is 7. The number of fused-ring (bicyclic) bond motifs is 1. The van der Waals surface area contributed by atoms with Crippen LogP contribution in [0.4, 0.5) is 10.1 Å². The summed E-state index contributed by atoms with van der Waals surface area (Å²) in [5, 5.41) is 11.6. The van der Waals surface area contributed by atoms with E-state index in [1.54, 1.807) is 53.6 Å². The van der Waals surface area contributed by atoms with Crippen LogP contribution in [0.1, 0.15) is 17.3 Å². The monoisotopic (exact) mass is 484 g/mol. The summed E-state index contributed by atoms with van der Waals surface area (Å²) in [6.45, 7) is 5.44. The topological polar surface area (TPSA) is 86.3 Å². The van der Waals surface area contributed by atoms with E-state index >= 15 is 0 Å². The maximum Gasteiger partial charge on any atom is 0.261 e. The number of hydrogen-bond donors (Lipinski definition) is 1. The largest absolute Gasteiger partial charge is 0.460 e. The lowest BCUT2D eigenvalue weighted by Gasteiger charge is -2.13. The van der Waals surface area contributed by atoms with Crippen molar-refractivity contribution in [2.75, 3.05) is 5.32 Å². The molecule has 31 heavy (non-hydrogen) atoms. The minimum Gasteiger partial charge on any atom is -0.460 e. The molecule has 0 saturated heterocycles. The van der Waals surface area contributed by atoms with E-state index in [9.17, 15) is 9.18 Å². The molecule has 0 spiro atoms. The summed E-state index contributed by atoms with van der Waals surface area (Å²) in [4.78, 5) is 17.2. The first-order valence-corrected chi connectivity index (χ1v) is 10.1. The Morgan fingerprint density at radius 1 is 1.45 bits per heavy atom. The van der Waals surface area contributed by atoms with Gasteiger partial charge in [0.2, 0.25) is 6.36 Å². The maximum atomic E-state index is 13.6. The molecule has 1 atom stereocenters. The Hall–Kier alpha value is -3.53. The third kappa shape index (κ3) is 4.33. The Morgan fingerprint density at radius 2 is 2.29 bits per heavy atom. The number of anilines is 1. The zero-order chi connectivity index (χ0) is 22.0. The van der Waals surface area contributed by atoms with Gasteiger partial charge in [0.25, 0.3) is 5.91 Å². The van der Waals surface area contributed by atoms with Gasteiger partial charge in [-0.3, -0.25) is 9.48 Å². The van der Waals surface area contributed by atoms with Gasteiger partial charge in [-0.15, -0.1) is 6.58 Å². The molecule has 0 aliphatic carbocycles. The zero-order valence-corrected chi connectivity index (χ0v) is 18.1. The van der Waals surface area contributed by atoms with E-state index < -0.39 is 12.3 Å². The van der Waals surface area contributed by atoms with Crippen LogP contribution in [-0.2, 0) is 6.54 Å². The van der Waals surface area contributed by atoms with Crippen molar-refractivity contribution in [3.63, 3.8) is 0 Å². The number of nitrogens with zero attached hydrogens (tertiary/aromatic N) is 5. The fourth-order valence-corrected chi connectivity index (χ4v) is 3.44. The Morgan fingerprint density at radius 3 is 3.06 bits per heavy atom. The second-order valence-electron chi connectivity index (χ2n) is 6.60. The van der Waals surface area contributed by atoms with Gasteiger partial charge >= 0.3 is 0 Å². The molecule has 158 valence electrons. The van der Waals surface area contributed by atoms with Gasteiger partial charge in [-0.1, -0.05) is 22.0 Å². The molecule has 10 heteroatoms. The summed E-state index contributed by atoms with van der Waals surface area (Å²) in [6, 6.07) is 6.86. The van der Waals surface area contributed by atoms with Crippen LogP contribution in [0.2, 0.25) is 0 Å². The molecule has 1 unspecified atom stereocenters. The van der Waals surface area contributed by atoms with Crippen molar-refractivity contribution in [1.29, 1.82) is 0 Å². The molecule has 0 saturated carbocycles. The molecule has 1 N–H and O–H groups in total. The van der Waals surface area contributed by atoms with Gasteiger partial charge in [0.1, 0.15) is 17.0 Å². The second-order valence-corrected chi connectivity index (χ2v) is 7.52. The summed E-state index contributed by atoms with van der Waals surface area (Å²) >= 11 is 3.42. The Kier molecular flexibility index (Phi) is 5.81. The molecule has 0 aliphatic heterocycles. The van der Waals surface area contributed by atoms with Gasteiger partial charge < -0.3 is 10.1 Å². The number of carbonyl (C=O) groups is 1. The average molecular weight is 485 g/mol. The molecule has 1 aromatic carbocycles. The van der Waals surface area contributed by atoms with Crippen molar-refractivity contribution in [3.05, 3.63) is 71.7 Å². The lowest BCUT2D eigenvalue weighted by molar-refractivity contribution is 0.0866. The number of nitrogens with one attached hydrogen (secondary N) is 1. The molecule has 0 bridgehead atoms. The first-order valence-electron chi connectivity index (χ1n) is 9.35. The smallest absolute Gasteiger partial charge is 0.261 e. The summed E-state index contributed by atoms with van der Waals surface area (Å²) in [5.41, 5.74) is 2.12. The first-order chi connectivity index (χ1) is 15.0. The van der Waals surface area contributed by atoms with Crippen LogP contribution in [-0.4, -0.2) is 36.6 Å². The van der Waals surface area contributed by atoms with Crippen molar-refractivity contribution in [3.8, 4) is 17.0 Å². The Balaban J connectivity index is 1.76. The number of carbonyl (C=O) groups excluding carboxylic acids is 1. The molecule has 0 radical (unpaired) electrons. The van der Waals surface area contributed by atoms with Gasteiger partial charge in [-0.05, 0) is 24.3 Å². The van der Waals surface area contributed by atoms with Crippen molar-refractivity contribution in [2.45, 2.75) is 19.8 Å². The minimum atomic E-state index is -1.52. The van der Waals surface area contributed by atoms with Crippen LogP contribution in [0.15, 0.2) is 66.2 Å². The van der Waals surface area contributed by atoms with E-state index in [2.05, 4.69) is 43.0 Å². The molecular weight excluding hydrogens is 467 g/mol. The molecule has 3 aromatic heterocycles. The SMILES string of the molecule is C=CCn1cc(NC(=O)c2cnn3cccnc23)c(-c2cc(Br)ccc2OC(C)F)n1. The predicted molar refractivity (Wildman–Crippen MR) is 118 cm³/mol. The van der Waals surface area contributed by atoms with Gasteiger partial charge in [0.05, 0.1) is 18.4 Å². The van der Waals surface area contributed by atoms with E-state index in [0.29, 0.717) is 40.4 Å². The molecular formula is C21H18BrFN6O2. The van der Waals surface area contributed by atoms with E-state index in [1.165, 1.54) is 17.6 Å². The standard InChI is InChI=1S/C21H18BrFN6O2/c1-3-8-28-12-17(26-21(30)16-11-25-29-9-4-7-24-20(16)29)19(27-28)15-10-14(22)5-6-18(15)31-13(2)23/h3-7,9-13H,1,8H2,2H3,(H,26,30). The third-order valence-corrected chi connectivity index (χ3v) is 4.83. The lowest BCUT2D eigenvalue weighted by Crippen LogP contribution is -2.12. The Bertz CT molecular complexity index is 1270. The lowest BCUT2D eigenvalue weighted by atomic mass is 10.1. The van der Waals surface area contributed by atoms with E-state index in [4.69, 9.17) is 4.74 Å². The minimum absolute atomic E-state index is 0.301. The highest BCUT2D eigenvalue weighted by molar-refractivity contribution is 9.10. The molecule has 8 nitrogen and oxygen atoms in total. The van der Waals surface area contributed by atoms with Crippen LogP contribution >= 0.6 is 15.9 Å². The summed E-state index contributed by atoms with van der Waals surface area (Å²) in [7, 11) is 0. The quantitative estimate of drug-likeness (QED) is 0.390. The van der Waals surface area contributed by atoms with E-state index in [-0.39, 0.29) is 0 Å². The molecule has 4 aromatic rings. The molecule has 4 rings (SSSR count). The number of hydrogen-bond acceptors (Lipinski definition) is 5. The number of allylic oxidation sites excluding steroid dienone is 1. The second kappa shape index (κ2) is 8.68. The van der Waals surface area contributed by atoms with Crippen LogP contribution in [0.3, 0.4) is 0 Å². The van der Waals surface area contributed by atoms with Crippen LogP contribution in [0.25, 0.3) is 16.9 Å². The fourth-order valence-electron chi connectivity index (χ4n) is 3.08. The van der Waals surface area contributed by atoms with Crippen LogP contribution in [0.5, 0.6) is 5.75 Å². The Labute approximate surface area is 185 Å². The van der Waals surface area contributed by atoms with E-state index in [0.717, 1.165) is 4.47 Å². The average Bonchev–Trinajstić information content (AvgIpc) is 3.33. The van der Waals surface area contributed by atoms with Crippen LogP contribution in [0, 0.1) is 0 Å². The normalized spacial score (nSPS) is 12.0. The van der Waals surface area contributed by atoms with Crippen molar-refractivity contribution in [1.82, 2.24) is 24.4 Å². The first kappa shape index (κ1) is 20.7. The third-order valence-electron chi connectivity index (χ3n) is 4.34. The highest BCUT2D eigenvalue weighted by Crippen LogP contribution is 2.37. The van der Waals surface area contributed by atoms with Gasteiger partial charge in [-0.2, -0.15) is 10.2 Å². The predicted octanol–water partition coefficient (Wildman–Crippen LogP) is 4.49. The zero-order valence-electron chi connectivity index (χ0n) is 16.5. The summed E-state index contributed by atoms with van der Waals surface area (Å²) in [6.07, 6.45) is 6.58. The summed E-state index contributed by atoms with van der Waals surface area (Å²) in [5.74, 6) is -0.0976. The van der Waals surface area contributed by atoms with Gasteiger partial charge in [-0.25, -0.2) is 13.9 Å². The number of ether oxygens (including phenoxy) is 1. The van der Waals surface area contributed by atoms with Crippen molar-refractivity contribution >= 4 is 33.2 Å². The molecule has 0 fully saturated rings. The fraction of sp³-hybridized carbons (Fsp3) is 0.143. The van der Waals surface area contributed by atoms with Crippen molar-refractivity contribution in [2.24, 2.45) is 0 Å². The number of amides is 1. The summed E-state index contributed by atoms with van der Waals surface area (Å²) < 4.78 is 22.8.